The van der Waals surface area contributed by atoms with Crippen molar-refractivity contribution in [3.05, 3.63) is 65.2 Å². The van der Waals surface area contributed by atoms with Gasteiger partial charge in [-0.05, 0) is 35.7 Å². The predicted octanol–water partition coefficient (Wildman–Crippen LogP) is 3.59. The molecule has 0 saturated carbocycles. The summed E-state index contributed by atoms with van der Waals surface area (Å²) in [7, 11) is 3.44. The maximum absolute atomic E-state index is 13.2. The van der Waals surface area contributed by atoms with Gasteiger partial charge < -0.3 is 14.7 Å². The topological polar surface area (TPSA) is 60.9 Å². The predicted molar refractivity (Wildman–Crippen MR) is 128 cm³/mol. The highest BCUT2D eigenvalue weighted by Gasteiger charge is 2.26. The van der Waals surface area contributed by atoms with Gasteiger partial charge in [-0.15, -0.1) is 11.8 Å². The number of carbonyl (C=O) groups excluding carboxylic acids is 3. The molecule has 32 heavy (non-hydrogen) atoms. The third kappa shape index (κ3) is 5.71. The van der Waals surface area contributed by atoms with E-state index in [1.54, 1.807) is 30.0 Å². The minimum Gasteiger partial charge on any atom is -0.348 e. The van der Waals surface area contributed by atoms with Crippen molar-refractivity contribution in [2.75, 3.05) is 46.0 Å². The van der Waals surface area contributed by atoms with Gasteiger partial charge >= 0.3 is 0 Å². The Hall–Kier alpha value is -2.80. The molecule has 1 aliphatic rings. The molecule has 0 radical (unpaired) electrons. The zero-order valence-electron chi connectivity index (χ0n) is 19.2. The average Bonchev–Trinajstić information content (AvgIpc) is 2.81. The van der Waals surface area contributed by atoms with Crippen molar-refractivity contribution < 1.29 is 14.4 Å². The van der Waals surface area contributed by atoms with E-state index in [0.29, 0.717) is 43.2 Å². The fourth-order valence-electron chi connectivity index (χ4n) is 3.51. The monoisotopic (exact) mass is 453 g/mol. The van der Waals surface area contributed by atoms with E-state index in [0.717, 1.165) is 4.90 Å². The van der Waals surface area contributed by atoms with E-state index < -0.39 is 0 Å². The summed E-state index contributed by atoms with van der Waals surface area (Å²) in [5.74, 6) is 0.667. The molecule has 1 fully saturated rings. The largest absolute Gasteiger partial charge is 0.348 e. The van der Waals surface area contributed by atoms with Crippen molar-refractivity contribution in [3.8, 4) is 0 Å². The molecule has 7 heteroatoms. The van der Waals surface area contributed by atoms with Crippen LogP contribution in [0.25, 0.3) is 0 Å². The van der Waals surface area contributed by atoms with Gasteiger partial charge in [0, 0.05) is 50.7 Å². The average molecular weight is 454 g/mol. The van der Waals surface area contributed by atoms with E-state index in [4.69, 9.17) is 0 Å². The Bertz CT molecular complexity index is 965. The number of thioether (sulfide) groups is 1. The molecule has 2 aromatic rings. The number of piperazine rings is 1. The van der Waals surface area contributed by atoms with Gasteiger partial charge in [0.2, 0.25) is 5.91 Å². The van der Waals surface area contributed by atoms with Crippen molar-refractivity contribution in [2.45, 2.75) is 24.7 Å². The Balaban J connectivity index is 1.61. The molecule has 0 atom stereocenters. The Morgan fingerprint density at radius 2 is 1.44 bits per heavy atom. The molecule has 2 aromatic carbocycles. The summed E-state index contributed by atoms with van der Waals surface area (Å²) in [6.45, 7) is 6.25. The third-order valence-corrected chi connectivity index (χ3v) is 6.70. The molecule has 0 aromatic heterocycles. The van der Waals surface area contributed by atoms with Crippen LogP contribution in [0.3, 0.4) is 0 Å². The van der Waals surface area contributed by atoms with Crippen LogP contribution >= 0.6 is 11.8 Å². The first-order valence-electron chi connectivity index (χ1n) is 10.9. The van der Waals surface area contributed by atoms with E-state index in [-0.39, 0.29) is 23.5 Å². The Morgan fingerprint density at radius 1 is 0.875 bits per heavy atom. The Kier molecular flexibility index (Phi) is 7.96. The van der Waals surface area contributed by atoms with Gasteiger partial charge in [0.05, 0.1) is 11.3 Å². The van der Waals surface area contributed by atoms with Gasteiger partial charge in [-0.25, -0.2) is 0 Å². The number of amides is 3. The highest BCUT2D eigenvalue weighted by Crippen LogP contribution is 2.25. The molecule has 170 valence electrons. The van der Waals surface area contributed by atoms with Gasteiger partial charge in [0.1, 0.15) is 0 Å². The first-order valence-corrected chi connectivity index (χ1v) is 11.9. The van der Waals surface area contributed by atoms with Crippen LogP contribution in [0.5, 0.6) is 0 Å². The van der Waals surface area contributed by atoms with E-state index in [9.17, 15) is 14.4 Å². The summed E-state index contributed by atoms with van der Waals surface area (Å²) in [5, 5.41) is 0. The summed E-state index contributed by atoms with van der Waals surface area (Å²) >= 11 is 1.38. The van der Waals surface area contributed by atoms with Gasteiger partial charge in [0.25, 0.3) is 11.8 Å². The molecule has 0 spiro atoms. The minimum atomic E-state index is -0.0567. The van der Waals surface area contributed by atoms with Crippen molar-refractivity contribution in [1.82, 2.24) is 14.7 Å². The van der Waals surface area contributed by atoms with E-state index in [2.05, 4.69) is 13.8 Å². The van der Waals surface area contributed by atoms with Gasteiger partial charge in [-0.3, -0.25) is 14.4 Å². The third-order valence-electron chi connectivity index (χ3n) is 5.65. The van der Waals surface area contributed by atoms with Crippen LogP contribution in [0.2, 0.25) is 0 Å². The van der Waals surface area contributed by atoms with E-state index >= 15 is 0 Å². The summed E-state index contributed by atoms with van der Waals surface area (Å²) in [6.07, 6.45) is 0. The van der Waals surface area contributed by atoms with Crippen LogP contribution in [0.15, 0.2) is 53.4 Å². The number of nitrogens with zero attached hydrogens (tertiary/aromatic N) is 3. The molecule has 3 amide bonds. The van der Waals surface area contributed by atoms with Crippen LogP contribution in [0, 0.1) is 0 Å². The molecule has 3 rings (SSSR count). The number of carbonyl (C=O) groups is 3. The second-order valence-electron chi connectivity index (χ2n) is 8.43. The van der Waals surface area contributed by atoms with Crippen molar-refractivity contribution in [3.63, 3.8) is 0 Å². The molecular formula is C25H31N3O3S. The summed E-state index contributed by atoms with van der Waals surface area (Å²) in [5.41, 5.74) is 2.50. The van der Waals surface area contributed by atoms with Crippen molar-refractivity contribution >= 4 is 29.5 Å². The van der Waals surface area contributed by atoms with Crippen LogP contribution in [0.4, 0.5) is 0 Å². The van der Waals surface area contributed by atoms with Gasteiger partial charge in [0.15, 0.2) is 0 Å². The second-order valence-corrected chi connectivity index (χ2v) is 9.45. The standard InChI is InChI=1S/C25H31N3O3S/c1-18(2)19-9-11-20(12-10-19)24(30)27-13-15-28(16-14-27)25(31)21-7-5-6-8-22(21)32-17-23(29)26(3)4/h5-12,18H,13-17H2,1-4H3. The number of hydrogen-bond acceptors (Lipinski definition) is 4. The lowest BCUT2D eigenvalue weighted by Gasteiger charge is -2.35. The maximum Gasteiger partial charge on any atom is 0.255 e. The molecule has 0 unspecified atom stereocenters. The van der Waals surface area contributed by atoms with Crippen LogP contribution in [0.1, 0.15) is 46.0 Å². The van der Waals surface area contributed by atoms with Gasteiger partial charge in [-0.2, -0.15) is 0 Å². The maximum atomic E-state index is 13.2. The molecule has 6 nitrogen and oxygen atoms in total. The van der Waals surface area contributed by atoms with E-state index in [1.165, 1.54) is 17.3 Å². The lowest BCUT2D eigenvalue weighted by molar-refractivity contribution is -0.125. The van der Waals surface area contributed by atoms with Crippen molar-refractivity contribution in [1.29, 1.82) is 0 Å². The summed E-state index contributed by atoms with van der Waals surface area (Å²) < 4.78 is 0. The lowest BCUT2D eigenvalue weighted by Crippen LogP contribution is -2.50. The van der Waals surface area contributed by atoms with Crippen LogP contribution in [-0.2, 0) is 4.79 Å². The zero-order valence-corrected chi connectivity index (χ0v) is 20.0. The molecule has 0 N–H and O–H groups in total. The second kappa shape index (κ2) is 10.7. The first kappa shape index (κ1) is 23.9. The Morgan fingerprint density at radius 3 is 2.00 bits per heavy atom. The minimum absolute atomic E-state index is 0.00515. The van der Waals surface area contributed by atoms with Crippen LogP contribution in [-0.4, -0.2) is 78.4 Å². The lowest BCUT2D eigenvalue weighted by atomic mass is 10.0. The molecule has 0 bridgehead atoms. The van der Waals surface area contributed by atoms with Crippen LogP contribution < -0.4 is 0 Å². The smallest absolute Gasteiger partial charge is 0.255 e. The molecule has 0 aliphatic carbocycles. The normalized spacial score (nSPS) is 13.9. The fourth-order valence-corrected chi connectivity index (χ4v) is 4.54. The number of hydrogen-bond donors (Lipinski definition) is 0. The highest BCUT2D eigenvalue weighted by molar-refractivity contribution is 8.00. The summed E-state index contributed by atoms with van der Waals surface area (Å²) in [6, 6.07) is 15.2. The quantitative estimate of drug-likeness (QED) is 0.627. The number of rotatable bonds is 6. The molecule has 1 aliphatic heterocycles. The number of benzene rings is 2. The SMILES string of the molecule is CC(C)c1ccc(C(=O)N2CCN(C(=O)c3ccccc3SCC(=O)N(C)C)CC2)cc1. The molecular weight excluding hydrogens is 422 g/mol. The van der Waals surface area contributed by atoms with Gasteiger partial charge in [-0.1, -0.05) is 38.1 Å². The first-order chi connectivity index (χ1) is 15.3. The highest BCUT2D eigenvalue weighted by atomic mass is 32.2. The summed E-state index contributed by atoms with van der Waals surface area (Å²) in [4.78, 5) is 43.9. The van der Waals surface area contributed by atoms with E-state index in [1.807, 2.05) is 47.4 Å². The zero-order chi connectivity index (χ0) is 23.3. The Labute approximate surface area is 194 Å². The van der Waals surface area contributed by atoms with Crippen molar-refractivity contribution in [2.24, 2.45) is 0 Å². The molecule has 1 heterocycles. The fraction of sp³-hybridized carbons (Fsp3) is 0.400. The molecule has 1 saturated heterocycles.